The number of nitrogens with zero attached hydrogens (tertiary/aromatic N) is 4. The number of imidazole rings is 1. The molecule has 0 amide bonds. The maximum Gasteiger partial charge on any atom is 0.365 e. The van der Waals surface area contributed by atoms with Crippen LogP contribution < -0.4 is 5.73 Å². The quantitative estimate of drug-likeness (QED) is 0.176. The highest BCUT2D eigenvalue weighted by Crippen LogP contribution is 2.43. The third-order valence-electron chi connectivity index (χ3n) is 4.52. The van der Waals surface area contributed by atoms with Gasteiger partial charge in [-0.2, -0.15) is 9.97 Å². The Kier molecular flexibility index (Phi) is 7.37. The number of aromatic nitrogens is 4. The predicted octanol–water partition coefficient (Wildman–Crippen LogP) is -0.599. The number of esters is 1. The van der Waals surface area contributed by atoms with E-state index in [4.69, 9.17) is 31.5 Å². The number of nitrogen functional groups attached to an aromatic ring is 1. The van der Waals surface area contributed by atoms with Crippen molar-refractivity contribution in [3.8, 4) is 0 Å². The molecule has 16 heteroatoms. The molecule has 0 bridgehead atoms. The molecule has 3 rings (SSSR count). The molecule has 2 aromatic heterocycles. The predicted molar refractivity (Wildman–Crippen MR) is 108 cm³/mol. The lowest BCUT2D eigenvalue weighted by molar-refractivity contribution is -0.156. The number of aliphatic hydroxyl groups is 2. The minimum atomic E-state index is -5.05. The summed E-state index contributed by atoms with van der Waals surface area (Å²) in [6.45, 7) is 2.79. The largest absolute Gasteiger partial charge is 0.463 e. The van der Waals surface area contributed by atoms with E-state index in [0.717, 1.165) is 0 Å². The van der Waals surface area contributed by atoms with Gasteiger partial charge in [-0.05, 0) is 17.5 Å². The van der Waals surface area contributed by atoms with Gasteiger partial charge in [-0.15, -0.1) is 0 Å². The van der Waals surface area contributed by atoms with E-state index >= 15 is 0 Å². The summed E-state index contributed by atoms with van der Waals surface area (Å²) in [6, 6.07) is 0. The molecule has 178 valence electrons. The van der Waals surface area contributed by atoms with Gasteiger partial charge in [0, 0.05) is 0 Å². The second-order valence-electron chi connectivity index (χ2n) is 7.55. The van der Waals surface area contributed by atoms with Crippen LogP contribution >= 0.6 is 19.2 Å². The van der Waals surface area contributed by atoms with Gasteiger partial charge in [-0.1, -0.05) is 13.8 Å². The number of aliphatic hydroxyl groups excluding tert-OH is 2. The fraction of sp³-hybridized carbons (Fsp3) is 0.625. The van der Waals surface area contributed by atoms with Crippen LogP contribution in [0.5, 0.6) is 0 Å². The zero-order valence-electron chi connectivity index (χ0n) is 17.0. The summed E-state index contributed by atoms with van der Waals surface area (Å²) >= 11 is 5.82. The second-order valence-corrected chi connectivity index (χ2v) is 9.53. The molecule has 0 radical (unpaired) electrons. The molecule has 0 aliphatic carbocycles. The lowest BCUT2D eigenvalue weighted by atomic mass is 10.1. The number of halogens is 1. The van der Waals surface area contributed by atoms with Gasteiger partial charge in [-0.3, -0.25) is 9.13 Å². The summed E-state index contributed by atoms with van der Waals surface area (Å²) in [5, 5.41) is 20.6. The minimum absolute atomic E-state index is 0.00364. The molecule has 6 N–H and O–H groups in total. The van der Waals surface area contributed by atoms with Gasteiger partial charge in [-0.25, -0.2) is 9.78 Å². The first-order valence-electron chi connectivity index (χ1n) is 9.40. The van der Waals surface area contributed by atoms with Gasteiger partial charge < -0.3 is 39.9 Å². The molecule has 1 fully saturated rings. The molecule has 3 heterocycles. The molecule has 1 aliphatic heterocycles. The lowest BCUT2D eigenvalue weighted by Gasteiger charge is -2.21. The Hall–Kier alpha value is -1.90. The molecule has 32 heavy (non-hydrogen) atoms. The summed E-state index contributed by atoms with van der Waals surface area (Å²) in [6.07, 6.45) is -4.25. The number of carbonyl (C=O) groups excluding carboxylic acids is 1. The first-order valence-corrected chi connectivity index (χ1v) is 11.5. The molecule has 1 saturated heterocycles. The van der Waals surface area contributed by atoms with E-state index < -0.39 is 50.6 Å². The van der Waals surface area contributed by atoms with E-state index in [1.807, 2.05) is 0 Å². The van der Waals surface area contributed by atoms with Gasteiger partial charge in [0.05, 0.1) is 19.5 Å². The molecule has 2 aromatic rings. The van der Waals surface area contributed by atoms with E-state index in [1.54, 1.807) is 13.8 Å². The summed E-state index contributed by atoms with van der Waals surface area (Å²) in [5.41, 5.74) is 6.07. The fourth-order valence-electron chi connectivity index (χ4n) is 3.00. The Morgan fingerprint density at radius 3 is 2.66 bits per heavy atom. The van der Waals surface area contributed by atoms with Crippen LogP contribution in [0.4, 0.5) is 5.82 Å². The minimum Gasteiger partial charge on any atom is -0.463 e. The number of ether oxygens (including phenoxy) is 3. The molecule has 0 unspecified atom stereocenters. The van der Waals surface area contributed by atoms with Crippen molar-refractivity contribution < 1.29 is 43.6 Å². The number of hydrogen-bond donors (Lipinski definition) is 5. The highest BCUT2D eigenvalue weighted by atomic mass is 35.5. The Morgan fingerprint density at radius 1 is 1.34 bits per heavy atom. The van der Waals surface area contributed by atoms with Gasteiger partial charge in [0.25, 0.3) is 5.85 Å². The van der Waals surface area contributed by atoms with Gasteiger partial charge in [0.15, 0.2) is 17.7 Å². The fourth-order valence-corrected chi connectivity index (χ4v) is 3.80. The van der Waals surface area contributed by atoms with Gasteiger partial charge >= 0.3 is 13.6 Å². The zero-order chi connectivity index (χ0) is 23.8. The Labute approximate surface area is 186 Å². The smallest absolute Gasteiger partial charge is 0.365 e. The average Bonchev–Trinajstić information content (AvgIpc) is 3.21. The number of anilines is 1. The maximum atomic E-state index is 12.1. The molecule has 0 spiro atoms. The van der Waals surface area contributed by atoms with Crippen LogP contribution in [-0.4, -0.2) is 82.9 Å². The first kappa shape index (κ1) is 24.7. The second kappa shape index (κ2) is 9.53. The van der Waals surface area contributed by atoms with Crippen LogP contribution in [0.15, 0.2) is 6.33 Å². The number of rotatable bonds is 8. The van der Waals surface area contributed by atoms with Crippen LogP contribution in [-0.2, 0) is 23.6 Å². The molecule has 5 atom stereocenters. The summed E-state index contributed by atoms with van der Waals surface area (Å²) in [5.74, 6) is -3.53. The van der Waals surface area contributed by atoms with Crippen molar-refractivity contribution in [3.05, 3.63) is 11.6 Å². The van der Waals surface area contributed by atoms with Gasteiger partial charge in [0.2, 0.25) is 5.28 Å². The molecule has 1 aliphatic rings. The number of nitrogens with two attached hydrogens (primary N) is 1. The van der Waals surface area contributed by atoms with Crippen LogP contribution in [0.3, 0.4) is 0 Å². The third-order valence-corrected chi connectivity index (χ3v) is 5.66. The molecule has 0 saturated carbocycles. The normalized spacial score (nSPS) is 24.9. The summed E-state index contributed by atoms with van der Waals surface area (Å²) in [4.78, 5) is 42.8. The molecule has 14 nitrogen and oxygen atoms in total. The number of carbonyl (C=O) groups is 1. The van der Waals surface area contributed by atoms with Gasteiger partial charge in [0.1, 0.15) is 23.8 Å². The lowest BCUT2D eigenvalue weighted by Crippen LogP contribution is -2.36. The van der Waals surface area contributed by atoms with Crippen molar-refractivity contribution in [1.29, 1.82) is 0 Å². The van der Waals surface area contributed by atoms with Crippen molar-refractivity contribution in [1.82, 2.24) is 19.5 Å². The average molecular weight is 496 g/mol. The van der Waals surface area contributed by atoms with Crippen LogP contribution in [0, 0.1) is 5.92 Å². The standard InChI is InChI=1S/C16H23ClN5O9P/c1-6(2)3-29-14(25)15(32(26,27)28)30-4-7-9(23)10(24)13(31-7)22-5-19-8-11(18)20-16(17)21-12(8)22/h5-7,9-10,13,15,23-24H,3-4H2,1-2H3,(H2,18,20,21)(H2,26,27,28)/t7-,9+,10-,13-,15-/m1/s1. The maximum absolute atomic E-state index is 12.1. The van der Waals surface area contributed by atoms with Crippen LogP contribution in [0.1, 0.15) is 20.1 Å². The van der Waals surface area contributed by atoms with E-state index in [9.17, 15) is 29.4 Å². The summed E-state index contributed by atoms with van der Waals surface area (Å²) < 4.78 is 28.5. The van der Waals surface area contributed by atoms with Crippen molar-refractivity contribution >= 4 is 42.1 Å². The Morgan fingerprint density at radius 2 is 2.03 bits per heavy atom. The number of hydrogen-bond acceptors (Lipinski definition) is 11. The molecule has 0 aromatic carbocycles. The topological polar surface area (TPSA) is 212 Å². The first-order chi connectivity index (χ1) is 14.9. The van der Waals surface area contributed by atoms with E-state index in [0.29, 0.717) is 0 Å². The van der Waals surface area contributed by atoms with Crippen LogP contribution in [0.2, 0.25) is 5.28 Å². The van der Waals surface area contributed by atoms with Crippen molar-refractivity contribution in [3.63, 3.8) is 0 Å². The van der Waals surface area contributed by atoms with Crippen molar-refractivity contribution in [2.24, 2.45) is 5.92 Å². The van der Waals surface area contributed by atoms with E-state index in [2.05, 4.69) is 15.0 Å². The molecular weight excluding hydrogens is 473 g/mol. The molecular formula is C16H23ClN5O9P. The van der Waals surface area contributed by atoms with Crippen molar-refractivity contribution in [2.75, 3.05) is 18.9 Å². The third kappa shape index (κ3) is 5.18. The van der Waals surface area contributed by atoms with Crippen molar-refractivity contribution in [2.45, 2.75) is 44.2 Å². The number of fused-ring (bicyclic) bond motifs is 1. The van der Waals surface area contributed by atoms with Crippen LogP contribution in [0.25, 0.3) is 11.2 Å². The highest BCUT2D eigenvalue weighted by Gasteiger charge is 2.46. The monoisotopic (exact) mass is 495 g/mol. The Balaban J connectivity index is 1.75. The Bertz CT molecular complexity index is 1030. The SMILES string of the molecule is CC(C)COC(=O)[C@H](OC[C@H]1O[C@@H](n2cnc3c(N)nc(Cl)nc32)[C@H](O)[C@H]1O)P(=O)(O)O. The summed E-state index contributed by atoms with van der Waals surface area (Å²) in [7, 11) is -5.05. The zero-order valence-corrected chi connectivity index (χ0v) is 18.6. The van der Waals surface area contributed by atoms with E-state index in [1.165, 1.54) is 10.9 Å². The highest BCUT2D eigenvalue weighted by molar-refractivity contribution is 7.53. The van der Waals surface area contributed by atoms with E-state index in [-0.39, 0.29) is 34.8 Å².